The Morgan fingerprint density at radius 1 is 0.724 bits per heavy atom. The summed E-state index contributed by atoms with van der Waals surface area (Å²) in [4.78, 5) is 37.0. The molecule has 0 spiro atoms. The van der Waals surface area contributed by atoms with Crippen LogP contribution < -0.4 is 0 Å². The third kappa shape index (κ3) is 9.64. The van der Waals surface area contributed by atoms with Gasteiger partial charge in [-0.1, -0.05) is 71.6 Å². The highest BCUT2D eigenvalue weighted by Crippen LogP contribution is 2.37. The van der Waals surface area contributed by atoms with Crippen molar-refractivity contribution in [3.63, 3.8) is 0 Å². The van der Waals surface area contributed by atoms with Gasteiger partial charge in [0.2, 0.25) is 0 Å². The third-order valence-electron chi connectivity index (χ3n) is 5.77. The standard InChI is InChI=1S/C23H40O6/c1-3-5-7-9-11-16-28-22(26)19-15-13-14-18(21(24)25)20(19)23(27)29-17-12-10-8-6-4-2/h18-20H,3-17H2,1-2H3,(H,24,25). The van der Waals surface area contributed by atoms with Crippen LogP contribution in [0, 0.1) is 17.8 Å². The highest BCUT2D eigenvalue weighted by molar-refractivity contribution is 5.87. The molecule has 0 aromatic heterocycles. The highest BCUT2D eigenvalue weighted by atomic mass is 16.5. The molecule has 6 heteroatoms. The van der Waals surface area contributed by atoms with E-state index in [0.717, 1.165) is 57.8 Å². The monoisotopic (exact) mass is 412 g/mol. The minimum absolute atomic E-state index is 0.282. The third-order valence-corrected chi connectivity index (χ3v) is 5.77. The Morgan fingerprint density at radius 3 is 1.72 bits per heavy atom. The number of aliphatic carboxylic acids is 1. The van der Waals surface area contributed by atoms with Crippen molar-refractivity contribution >= 4 is 17.9 Å². The Kier molecular flexibility index (Phi) is 13.4. The van der Waals surface area contributed by atoms with Crippen LogP contribution >= 0.6 is 0 Å². The quantitative estimate of drug-likeness (QED) is 0.296. The Morgan fingerprint density at radius 2 is 1.21 bits per heavy atom. The average molecular weight is 413 g/mol. The maximum absolute atomic E-state index is 12.7. The van der Waals surface area contributed by atoms with Gasteiger partial charge in [-0.25, -0.2) is 0 Å². The summed E-state index contributed by atoms with van der Waals surface area (Å²) in [6, 6.07) is 0. The van der Waals surface area contributed by atoms with Gasteiger partial charge < -0.3 is 14.6 Å². The van der Waals surface area contributed by atoms with E-state index in [2.05, 4.69) is 13.8 Å². The van der Waals surface area contributed by atoms with Gasteiger partial charge in [0.1, 0.15) is 0 Å². The lowest BCUT2D eigenvalue weighted by Gasteiger charge is -2.33. The summed E-state index contributed by atoms with van der Waals surface area (Å²) in [7, 11) is 0. The van der Waals surface area contributed by atoms with Crippen LogP contribution in [-0.4, -0.2) is 36.2 Å². The number of carboxylic acid groups (broad SMARTS) is 1. The second kappa shape index (κ2) is 15.3. The predicted octanol–water partition coefficient (Wildman–Crippen LogP) is 5.13. The fourth-order valence-corrected chi connectivity index (χ4v) is 4.03. The number of esters is 2. The molecule has 1 saturated carbocycles. The van der Waals surface area contributed by atoms with Crippen LogP contribution in [0.4, 0.5) is 0 Å². The van der Waals surface area contributed by atoms with Crippen molar-refractivity contribution in [2.24, 2.45) is 17.8 Å². The van der Waals surface area contributed by atoms with Gasteiger partial charge in [0.25, 0.3) is 0 Å². The molecule has 168 valence electrons. The van der Waals surface area contributed by atoms with Gasteiger partial charge in [0, 0.05) is 0 Å². The summed E-state index contributed by atoms with van der Waals surface area (Å²) in [5.41, 5.74) is 0. The first-order valence-corrected chi connectivity index (χ1v) is 11.6. The molecule has 0 saturated heterocycles. The van der Waals surface area contributed by atoms with E-state index in [4.69, 9.17) is 9.47 Å². The summed E-state index contributed by atoms with van der Waals surface area (Å²) in [6.07, 6.45) is 11.9. The summed E-state index contributed by atoms with van der Waals surface area (Å²) in [6.45, 7) is 4.90. The smallest absolute Gasteiger partial charge is 0.310 e. The molecule has 0 amide bonds. The molecule has 1 fully saturated rings. The lowest BCUT2D eigenvalue weighted by molar-refractivity contribution is -0.170. The van der Waals surface area contributed by atoms with Gasteiger partial charge in [-0.2, -0.15) is 0 Å². The molecular weight excluding hydrogens is 372 g/mol. The minimum atomic E-state index is -1.04. The van der Waals surface area contributed by atoms with Gasteiger partial charge >= 0.3 is 17.9 Å². The number of rotatable bonds is 15. The molecule has 0 aliphatic heterocycles. The molecule has 29 heavy (non-hydrogen) atoms. The minimum Gasteiger partial charge on any atom is -0.481 e. The van der Waals surface area contributed by atoms with Crippen molar-refractivity contribution in [3.8, 4) is 0 Å². The van der Waals surface area contributed by atoms with E-state index < -0.39 is 35.7 Å². The maximum atomic E-state index is 12.7. The first-order chi connectivity index (χ1) is 14.0. The molecule has 0 heterocycles. The van der Waals surface area contributed by atoms with Crippen molar-refractivity contribution in [3.05, 3.63) is 0 Å². The number of unbranched alkanes of at least 4 members (excludes halogenated alkanes) is 8. The second-order valence-corrected chi connectivity index (χ2v) is 8.17. The number of hydrogen-bond donors (Lipinski definition) is 1. The largest absolute Gasteiger partial charge is 0.481 e. The van der Waals surface area contributed by atoms with E-state index in [0.29, 0.717) is 25.9 Å². The van der Waals surface area contributed by atoms with E-state index in [-0.39, 0.29) is 6.61 Å². The van der Waals surface area contributed by atoms with Crippen molar-refractivity contribution < 1.29 is 29.0 Å². The van der Waals surface area contributed by atoms with Crippen LogP contribution in [0.5, 0.6) is 0 Å². The lowest BCUT2D eigenvalue weighted by atomic mass is 9.72. The summed E-state index contributed by atoms with van der Waals surface area (Å²) in [5, 5.41) is 9.56. The van der Waals surface area contributed by atoms with Crippen LogP contribution in [0.15, 0.2) is 0 Å². The first-order valence-electron chi connectivity index (χ1n) is 11.6. The van der Waals surface area contributed by atoms with Crippen LogP contribution in [0.1, 0.15) is 97.3 Å². The Hall–Kier alpha value is -1.59. The van der Waals surface area contributed by atoms with E-state index in [1.165, 1.54) is 6.42 Å². The second-order valence-electron chi connectivity index (χ2n) is 8.17. The topological polar surface area (TPSA) is 89.9 Å². The van der Waals surface area contributed by atoms with Crippen LogP contribution in [0.3, 0.4) is 0 Å². The SMILES string of the molecule is CCCCCCCOC(=O)C1CCCC(C(=O)O)C1C(=O)OCCCCCCC. The highest BCUT2D eigenvalue weighted by Gasteiger charge is 2.46. The van der Waals surface area contributed by atoms with Gasteiger partial charge in [0.05, 0.1) is 31.0 Å². The average Bonchev–Trinajstić information content (AvgIpc) is 2.72. The zero-order valence-corrected chi connectivity index (χ0v) is 18.3. The number of hydrogen-bond acceptors (Lipinski definition) is 5. The van der Waals surface area contributed by atoms with Crippen molar-refractivity contribution in [1.29, 1.82) is 0 Å². The number of carbonyl (C=O) groups is 3. The van der Waals surface area contributed by atoms with E-state index >= 15 is 0 Å². The summed E-state index contributed by atoms with van der Waals surface area (Å²) < 4.78 is 10.8. The molecule has 1 rings (SSSR count). The van der Waals surface area contributed by atoms with E-state index in [1.807, 2.05) is 0 Å². The molecule has 1 N–H and O–H groups in total. The molecule has 0 aromatic carbocycles. The molecule has 6 nitrogen and oxygen atoms in total. The van der Waals surface area contributed by atoms with Crippen molar-refractivity contribution in [2.45, 2.75) is 97.3 Å². The van der Waals surface area contributed by atoms with E-state index in [1.54, 1.807) is 0 Å². The molecule has 3 atom stereocenters. The first kappa shape index (κ1) is 25.4. The van der Waals surface area contributed by atoms with Crippen LogP contribution in [0.2, 0.25) is 0 Å². The maximum Gasteiger partial charge on any atom is 0.310 e. The van der Waals surface area contributed by atoms with Crippen LogP contribution in [0.25, 0.3) is 0 Å². The van der Waals surface area contributed by atoms with Gasteiger partial charge in [-0.15, -0.1) is 0 Å². The molecule has 3 unspecified atom stereocenters. The van der Waals surface area contributed by atoms with Crippen LogP contribution in [-0.2, 0) is 23.9 Å². The number of carbonyl (C=O) groups excluding carboxylic acids is 2. The zero-order chi connectivity index (χ0) is 21.5. The van der Waals surface area contributed by atoms with Crippen molar-refractivity contribution in [1.82, 2.24) is 0 Å². The van der Waals surface area contributed by atoms with Gasteiger partial charge in [-0.05, 0) is 25.7 Å². The lowest BCUT2D eigenvalue weighted by Crippen LogP contribution is -2.43. The Labute approximate surface area is 175 Å². The van der Waals surface area contributed by atoms with Gasteiger partial charge in [0.15, 0.2) is 0 Å². The molecule has 1 aliphatic rings. The fraction of sp³-hybridized carbons (Fsp3) is 0.870. The normalized spacial score (nSPS) is 21.5. The summed E-state index contributed by atoms with van der Waals surface area (Å²) >= 11 is 0. The Balaban J connectivity index is 2.57. The molecular formula is C23H40O6. The van der Waals surface area contributed by atoms with E-state index in [9.17, 15) is 19.5 Å². The Bertz CT molecular complexity index is 490. The number of carboxylic acids is 1. The summed E-state index contributed by atoms with van der Waals surface area (Å²) in [5.74, 6) is -4.57. The molecule has 0 aromatic rings. The zero-order valence-electron chi connectivity index (χ0n) is 18.3. The predicted molar refractivity (Wildman–Crippen MR) is 111 cm³/mol. The van der Waals surface area contributed by atoms with Crippen molar-refractivity contribution in [2.75, 3.05) is 13.2 Å². The molecule has 1 aliphatic carbocycles. The number of ether oxygens (including phenoxy) is 2. The van der Waals surface area contributed by atoms with Gasteiger partial charge in [-0.3, -0.25) is 14.4 Å². The molecule has 0 bridgehead atoms. The fourth-order valence-electron chi connectivity index (χ4n) is 4.03. The molecule has 0 radical (unpaired) electrons.